The van der Waals surface area contributed by atoms with Crippen molar-refractivity contribution < 1.29 is 31.2 Å². The molecule has 242 valence electrons. The van der Waals surface area contributed by atoms with Gasteiger partial charge in [0, 0.05) is 12.6 Å². The van der Waals surface area contributed by atoms with Gasteiger partial charge in [0.1, 0.15) is 12.6 Å². The van der Waals surface area contributed by atoms with Crippen molar-refractivity contribution >= 4 is 39.1 Å². The quantitative estimate of drug-likeness (QED) is 0.237. The van der Waals surface area contributed by atoms with Crippen LogP contribution in [0.25, 0.3) is 0 Å². The van der Waals surface area contributed by atoms with Crippen molar-refractivity contribution in [2.45, 2.75) is 82.1 Å². The summed E-state index contributed by atoms with van der Waals surface area (Å²) >= 11 is 5.85. The lowest BCUT2D eigenvalue weighted by Crippen LogP contribution is -2.54. The number of sulfonamides is 1. The van der Waals surface area contributed by atoms with Gasteiger partial charge in [0.05, 0.1) is 21.2 Å². The van der Waals surface area contributed by atoms with Crippen molar-refractivity contribution in [2.75, 3.05) is 10.8 Å². The maximum atomic E-state index is 14.2. The minimum Gasteiger partial charge on any atom is -0.352 e. The van der Waals surface area contributed by atoms with Crippen LogP contribution < -0.4 is 9.62 Å². The second-order valence-corrected chi connectivity index (χ2v) is 13.5. The molecule has 0 bridgehead atoms. The van der Waals surface area contributed by atoms with Crippen LogP contribution in [0, 0.1) is 6.92 Å². The molecule has 7 nitrogen and oxygen atoms in total. The first-order valence-electron chi connectivity index (χ1n) is 14.9. The maximum Gasteiger partial charge on any atom is 0.417 e. The molecule has 4 rings (SSSR count). The first-order chi connectivity index (χ1) is 21.3. The first-order valence-corrected chi connectivity index (χ1v) is 16.7. The number of hydrogen-bond donors (Lipinski definition) is 1. The molecule has 0 radical (unpaired) electrons. The topological polar surface area (TPSA) is 86.8 Å². The van der Waals surface area contributed by atoms with Gasteiger partial charge in [-0.1, -0.05) is 85.8 Å². The zero-order valence-corrected chi connectivity index (χ0v) is 26.8. The Hall–Kier alpha value is -3.57. The van der Waals surface area contributed by atoms with Gasteiger partial charge < -0.3 is 10.2 Å². The summed E-state index contributed by atoms with van der Waals surface area (Å²) in [5, 5.41) is 2.45. The van der Waals surface area contributed by atoms with Crippen molar-refractivity contribution in [3.63, 3.8) is 0 Å². The maximum absolute atomic E-state index is 14.2. The molecule has 0 spiro atoms. The number of alkyl halides is 3. The number of benzene rings is 3. The summed E-state index contributed by atoms with van der Waals surface area (Å²) in [6.07, 6.45) is 0.0862. The van der Waals surface area contributed by atoms with Crippen LogP contribution in [0.4, 0.5) is 18.9 Å². The largest absolute Gasteiger partial charge is 0.417 e. The third-order valence-corrected chi connectivity index (χ3v) is 10.1. The van der Waals surface area contributed by atoms with Gasteiger partial charge in [0.15, 0.2) is 0 Å². The van der Waals surface area contributed by atoms with E-state index in [0.29, 0.717) is 15.9 Å². The van der Waals surface area contributed by atoms with Gasteiger partial charge in [-0.3, -0.25) is 13.9 Å². The lowest BCUT2D eigenvalue weighted by atomic mass is 9.95. The molecular weight excluding hydrogens is 627 g/mol. The standard InChI is InChI=1S/C33H37ClF3N3O4S/c1-3-30(32(42)38-25-12-8-5-9-13-25)39(21-24-10-6-4-7-11-24)31(41)22-40(45(43,44)27-17-14-23(2)15-18-27)26-16-19-29(34)28(20-26)33(35,36)37/h4,6-7,10-11,14-20,25,30H,3,5,8-9,12-13,21-22H2,1-2H3,(H,38,42)/t30-/m0/s1. The number of hydrogen-bond acceptors (Lipinski definition) is 4. The summed E-state index contributed by atoms with van der Waals surface area (Å²) in [6.45, 7) is 2.65. The molecule has 1 aliphatic carbocycles. The van der Waals surface area contributed by atoms with E-state index in [-0.39, 0.29) is 35.5 Å². The smallest absolute Gasteiger partial charge is 0.352 e. The van der Waals surface area contributed by atoms with Gasteiger partial charge in [-0.2, -0.15) is 13.2 Å². The number of anilines is 1. The molecule has 0 heterocycles. The molecule has 45 heavy (non-hydrogen) atoms. The van der Waals surface area contributed by atoms with E-state index in [4.69, 9.17) is 11.6 Å². The monoisotopic (exact) mass is 663 g/mol. The normalized spacial score (nSPS) is 14.9. The number of carbonyl (C=O) groups excluding carboxylic acids is 2. The third-order valence-electron chi connectivity index (χ3n) is 7.96. The Morgan fingerprint density at radius 2 is 1.62 bits per heavy atom. The molecular formula is C33H37ClF3N3O4S. The van der Waals surface area contributed by atoms with Crippen LogP contribution in [0.5, 0.6) is 0 Å². The predicted octanol–water partition coefficient (Wildman–Crippen LogP) is 7.12. The van der Waals surface area contributed by atoms with E-state index in [9.17, 15) is 31.2 Å². The van der Waals surface area contributed by atoms with Crippen LogP contribution in [-0.4, -0.2) is 43.8 Å². The second kappa shape index (κ2) is 14.7. The lowest BCUT2D eigenvalue weighted by Gasteiger charge is -2.34. The fraction of sp³-hybridized carbons (Fsp3) is 0.394. The van der Waals surface area contributed by atoms with E-state index in [1.54, 1.807) is 56.3 Å². The molecule has 2 amide bonds. The minimum atomic E-state index is -4.87. The molecule has 0 saturated heterocycles. The number of amides is 2. The van der Waals surface area contributed by atoms with Gasteiger partial charge >= 0.3 is 6.18 Å². The number of rotatable bonds is 11. The van der Waals surface area contributed by atoms with Crippen molar-refractivity contribution in [3.05, 3.63) is 94.5 Å². The Morgan fingerprint density at radius 1 is 0.978 bits per heavy atom. The highest BCUT2D eigenvalue weighted by Crippen LogP contribution is 2.38. The van der Waals surface area contributed by atoms with E-state index in [2.05, 4.69) is 5.32 Å². The Bertz CT molecular complexity index is 1580. The predicted molar refractivity (Wildman–Crippen MR) is 168 cm³/mol. The average Bonchev–Trinajstić information content (AvgIpc) is 3.00. The number of aryl methyl sites for hydroxylation is 1. The van der Waals surface area contributed by atoms with Crippen molar-refractivity contribution in [1.29, 1.82) is 0 Å². The highest BCUT2D eigenvalue weighted by molar-refractivity contribution is 7.92. The second-order valence-electron chi connectivity index (χ2n) is 11.3. The molecule has 1 atom stereocenters. The number of nitrogens with zero attached hydrogens (tertiary/aromatic N) is 2. The Balaban J connectivity index is 1.76. The molecule has 1 aliphatic rings. The number of nitrogens with one attached hydrogen (secondary N) is 1. The van der Waals surface area contributed by atoms with Crippen LogP contribution in [0.15, 0.2) is 77.7 Å². The molecule has 1 N–H and O–H groups in total. The summed E-state index contributed by atoms with van der Waals surface area (Å²) in [5.41, 5.74) is -0.155. The molecule has 0 unspecified atom stereocenters. The van der Waals surface area contributed by atoms with Gasteiger partial charge in [0.2, 0.25) is 11.8 Å². The zero-order valence-electron chi connectivity index (χ0n) is 25.2. The summed E-state index contributed by atoms with van der Waals surface area (Å²) < 4.78 is 70.2. The highest BCUT2D eigenvalue weighted by atomic mass is 35.5. The fourth-order valence-electron chi connectivity index (χ4n) is 5.50. The summed E-state index contributed by atoms with van der Waals surface area (Å²) in [6, 6.07) is 16.4. The Kier molecular flexibility index (Phi) is 11.2. The molecule has 0 aromatic heterocycles. The number of carbonyl (C=O) groups is 2. The van der Waals surface area contributed by atoms with Crippen LogP contribution in [0.3, 0.4) is 0 Å². The lowest BCUT2D eigenvalue weighted by molar-refractivity contribution is -0.140. The highest BCUT2D eigenvalue weighted by Gasteiger charge is 2.37. The van der Waals surface area contributed by atoms with E-state index >= 15 is 0 Å². The molecule has 1 saturated carbocycles. The van der Waals surface area contributed by atoms with E-state index in [1.807, 2.05) is 0 Å². The average molecular weight is 664 g/mol. The SMILES string of the molecule is CC[C@@H](C(=O)NC1CCCCC1)N(Cc1ccccc1)C(=O)CN(c1ccc(Cl)c(C(F)(F)F)c1)S(=O)(=O)c1ccc(C)cc1. The van der Waals surface area contributed by atoms with Crippen molar-refractivity contribution in [1.82, 2.24) is 10.2 Å². The third kappa shape index (κ3) is 8.58. The van der Waals surface area contributed by atoms with Gasteiger partial charge in [-0.05, 0) is 62.1 Å². The Labute approximate surface area is 267 Å². The zero-order chi connectivity index (χ0) is 32.8. The Morgan fingerprint density at radius 3 is 2.22 bits per heavy atom. The van der Waals surface area contributed by atoms with Crippen LogP contribution in [-0.2, 0) is 32.3 Å². The van der Waals surface area contributed by atoms with E-state index in [0.717, 1.165) is 49.8 Å². The van der Waals surface area contributed by atoms with Crippen LogP contribution in [0.1, 0.15) is 62.1 Å². The molecule has 3 aromatic carbocycles. The molecule has 1 fully saturated rings. The van der Waals surface area contributed by atoms with E-state index < -0.39 is 45.3 Å². The molecule has 12 heteroatoms. The minimum absolute atomic E-state index is 0.0108. The van der Waals surface area contributed by atoms with Crippen molar-refractivity contribution in [3.8, 4) is 0 Å². The van der Waals surface area contributed by atoms with Gasteiger partial charge in [0.25, 0.3) is 10.0 Å². The van der Waals surface area contributed by atoms with Gasteiger partial charge in [-0.15, -0.1) is 0 Å². The van der Waals surface area contributed by atoms with E-state index in [1.165, 1.54) is 17.0 Å². The van der Waals surface area contributed by atoms with Crippen LogP contribution >= 0.6 is 11.6 Å². The molecule has 0 aliphatic heterocycles. The van der Waals surface area contributed by atoms with Crippen LogP contribution in [0.2, 0.25) is 5.02 Å². The summed E-state index contributed by atoms with van der Waals surface area (Å²) in [4.78, 5) is 28.9. The number of halogens is 4. The summed E-state index contributed by atoms with van der Waals surface area (Å²) in [5.74, 6) is -1.10. The van der Waals surface area contributed by atoms with Gasteiger partial charge in [-0.25, -0.2) is 8.42 Å². The molecule has 3 aromatic rings. The first kappa shape index (κ1) is 34.3. The van der Waals surface area contributed by atoms with Crippen molar-refractivity contribution in [2.24, 2.45) is 0 Å². The fourth-order valence-corrected chi connectivity index (χ4v) is 7.13. The summed E-state index contributed by atoms with van der Waals surface area (Å²) in [7, 11) is -4.55.